The molecular weight excluding hydrogens is 342 g/mol. The standard InChI is InChI=1S/C16H29N3O2S.CH2O2/c1-14(17-7-3-4-8-17)16(21)19-10-5-9-18(11-12-19)15(20)6-13-22-2;2-1-3/h14H,3-13H2,1-2H3;1H,(H,2,3). The Bertz CT molecular complexity index is 430. The van der Waals surface area contributed by atoms with E-state index in [1.54, 1.807) is 11.8 Å². The quantitative estimate of drug-likeness (QED) is 0.724. The summed E-state index contributed by atoms with van der Waals surface area (Å²) in [4.78, 5) is 39.3. The average molecular weight is 374 g/mol. The second-order valence-corrected chi connectivity index (χ2v) is 7.31. The highest BCUT2D eigenvalue weighted by molar-refractivity contribution is 7.98. The van der Waals surface area contributed by atoms with E-state index in [0.29, 0.717) is 19.5 Å². The van der Waals surface area contributed by atoms with Crippen LogP contribution in [0, 0.1) is 0 Å². The van der Waals surface area contributed by atoms with Crippen LogP contribution in [0.3, 0.4) is 0 Å². The molecule has 0 radical (unpaired) electrons. The Morgan fingerprint density at radius 2 is 1.60 bits per heavy atom. The van der Waals surface area contributed by atoms with Gasteiger partial charge in [0, 0.05) is 38.4 Å². The van der Waals surface area contributed by atoms with Crippen molar-refractivity contribution in [2.45, 2.75) is 38.6 Å². The molecule has 2 aliphatic rings. The van der Waals surface area contributed by atoms with Crippen LogP contribution in [0.1, 0.15) is 32.6 Å². The van der Waals surface area contributed by atoms with E-state index in [1.807, 2.05) is 23.0 Å². The molecule has 0 aromatic heterocycles. The Hall–Kier alpha value is -1.28. The zero-order chi connectivity index (χ0) is 18.7. The van der Waals surface area contributed by atoms with Crippen molar-refractivity contribution in [2.75, 3.05) is 51.3 Å². The Balaban J connectivity index is 0.000000970. The van der Waals surface area contributed by atoms with Gasteiger partial charge in [-0.05, 0) is 45.5 Å². The Kier molecular flexibility index (Phi) is 10.6. The molecule has 1 unspecified atom stereocenters. The molecular formula is C17H31N3O4S. The van der Waals surface area contributed by atoms with E-state index in [0.717, 1.165) is 38.4 Å². The third-order valence-electron chi connectivity index (χ3n) is 4.73. The summed E-state index contributed by atoms with van der Waals surface area (Å²) >= 11 is 1.71. The fourth-order valence-electron chi connectivity index (χ4n) is 3.28. The lowest BCUT2D eigenvalue weighted by Crippen LogP contribution is -2.47. The van der Waals surface area contributed by atoms with Crippen molar-refractivity contribution >= 4 is 30.0 Å². The van der Waals surface area contributed by atoms with Crippen molar-refractivity contribution in [1.82, 2.24) is 14.7 Å². The molecule has 2 amide bonds. The highest BCUT2D eigenvalue weighted by atomic mass is 32.2. The van der Waals surface area contributed by atoms with Crippen molar-refractivity contribution < 1.29 is 19.5 Å². The van der Waals surface area contributed by atoms with Crippen molar-refractivity contribution in [3.8, 4) is 0 Å². The van der Waals surface area contributed by atoms with Gasteiger partial charge in [0.1, 0.15) is 0 Å². The Morgan fingerprint density at radius 1 is 1.04 bits per heavy atom. The van der Waals surface area contributed by atoms with E-state index < -0.39 is 0 Å². The summed E-state index contributed by atoms with van der Waals surface area (Å²) in [6.07, 6.45) is 5.93. The van der Waals surface area contributed by atoms with Gasteiger partial charge in [0.25, 0.3) is 6.47 Å². The van der Waals surface area contributed by atoms with Crippen LogP contribution in [0.25, 0.3) is 0 Å². The number of rotatable bonds is 5. The molecule has 0 spiro atoms. The molecule has 2 heterocycles. The molecule has 2 saturated heterocycles. The van der Waals surface area contributed by atoms with Gasteiger partial charge in [-0.1, -0.05) is 0 Å². The summed E-state index contributed by atoms with van der Waals surface area (Å²) in [6.45, 7) is 6.80. The maximum absolute atomic E-state index is 12.7. The van der Waals surface area contributed by atoms with Crippen molar-refractivity contribution in [2.24, 2.45) is 0 Å². The van der Waals surface area contributed by atoms with E-state index in [4.69, 9.17) is 9.90 Å². The van der Waals surface area contributed by atoms with Crippen LogP contribution in [0.5, 0.6) is 0 Å². The molecule has 7 nitrogen and oxygen atoms in total. The minimum atomic E-state index is -0.250. The molecule has 144 valence electrons. The summed E-state index contributed by atoms with van der Waals surface area (Å²) in [6, 6.07) is -0.0127. The molecule has 1 atom stereocenters. The molecule has 0 aliphatic carbocycles. The van der Waals surface area contributed by atoms with Crippen molar-refractivity contribution in [3.63, 3.8) is 0 Å². The summed E-state index contributed by atoms with van der Waals surface area (Å²) in [7, 11) is 0. The number of hydrogen-bond donors (Lipinski definition) is 1. The topological polar surface area (TPSA) is 81.2 Å². The van der Waals surface area contributed by atoms with Gasteiger partial charge in [-0.3, -0.25) is 19.3 Å². The fourth-order valence-corrected chi connectivity index (χ4v) is 3.66. The number of thioether (sulfide) groups is 1. The van der Waals surface area contributed by atoms with Crippen LogP contribution in [0.15, 0.2) is 0 Å². The SMILES string of the molecule is CSCCC(=O)N1CCCN(C(=O)C(C)N2CCCC2)CC1.O=CO. The second-order valence-electron chi connectivity index (χ2n) is 6.33. The van der Waals surface area contributed by atoms with Crippen LogP contribution in [0.2, 0.25) is 0 Å². The predicted molar refractivity (Wildman–Crippen MR) is 99.7 cm³/mol. The maximum atomic E-state index is 12.7. The first-order chi connectivity index (χ1) is 12.0. The summed E-state index contributed by atoms with van der Waals surface area (Å²) in [5.41, 5.74) is 0. The van der Waals surface area contributed by atoms with E-state index >= 15 is 0 Å². The van der Waals surface area contributed by atoms with Gasteiger partial charge < -0.3 is 14.9 Å². The minimum Gasteiger partial charge on any atom is -0.483 e. The molecule has 0 bridgehead atoms. The normalized spacial score (nSPS) is 19.6. The van der Waals surface area contributed by atoms with Gasteiger partial charge in [0.15, 0.2) is 0 Å². The van der Waals surface area contributed by atoms with Crippen LogP contribution in [-0.4, -0.2) is 95.4 Å². The third kappa shape index (κ3) is 7.23. The lowest BCUT2D eigenvalue weighted by molar-refractivity contribution is -0.136. The first-order valence-electron chi connectivity index (χ1n) is 8.92. The van der Waals surface area contributed by atoms with Crippen LogP contribution >= 0.6 is 11.8 Å². The molecule has 0 aromatic rings. The first kappa shape index (κ1) is 21.8. The molecule has 2 aliphatic heterocycles. The van der Waals surface area contributed by atoms with Crippen molar-refractivity contribution in [1.29, 1.82) is 0 Å². The molecule has 1 N–H and O–H groups in total. The molecule has 0 aromatic carbocycles. The summed E-state index contributed by atoms with van der Waals surface area (Å²) < 4.78 is 0. The van der Waals surface area contributed by atoms with E-state index in [2.05, 4.69) is 4.90 Å². The Morgan fingerprint density at radius 3 is 2.20 bits per heavy atom. The predicted octanol–water partition coefficient (Wildman–Crippen LogP) is 0.986. The average Bonchev–Trinajstić information content (AvgIpc) is 3.03. The van der Waals surface area contributed by atoms with Gasteiger partial charge in [0.05, 0.1) is 6.04 Å². The highest BCUT2D eigenvalue weighted by Gasteiger charge is 2.29. The molecule has 2 fully saturated rings. The van der Waals surface area contributed by atoms with E-state index in [1.165, 1.54) is 12.8 Å². The minimum absolute atomic E-state index is 0.0127. The molecule has 8 heteroatoms. The smallest absolute Gasteiger partial charge is 0.290 e. The van der Waals surface area contributed by atoms with E-state index in [-0.39, 0.29) is 24.3 Å². The lowest BCUT2D eigenvalue weighted by atomic mass is 10.2. The zero-order valence-electron chi connectivity index (χ0n) is 15.4. The summed E-state index contributed by atoms with van der Waals surface area (Å²) in [5, 5.41) is 6.89. The third-order valence-corrected chi connectivity index (χ3v) is 5.34. The molecule has 0 saturated carbocycles. The van der Waals surface area contributed by atoms with Crippen LogP contribution in [0.4, 0.5) is 0 Å². The number of carbonyl (C=O) groups excluding carboxylic acids is 2. The number of likely N-dealkylation sites (tertiary alicyclic amines) is 1. The van der Waals surface area contributed by atoms with E-state index in [9.17, 15) is 9.59 Å². The first-order valence-corrected chi connectivity index (χ1v) is 10.3. The summed E-state index contributed by atoms with van der Waals surface area (Å²) in [5.74, 6) is 1.35. The lowest BCUT2D eigenvalue weighted by Gasteiger charge is -2.29. The number of carbonyl (C=O) groups is 3. The highest BCUT2D eigenvalue weighted by Crippen LogP contribution is 2.15. The fraction of sp³-hybridized carbons (Fsp3) is 0.824. The monoisotopic (exact) mass is 373 g/mol. The molecule has 2 rings (SSSR count). The second kappa shape index (κ2) is 12.1. The number of nitrogens with zero attached hydrogens (tertiary/aromatic N) is 3. The Labute approximate surface area is 154 Å². The van der Waals surface area contributed by atoms with Crippen LogP contribution in [-0.2, 0) is 14.4 Å². The number of carboxylic acid groups (broad SMARTS) is 1. The van der Waals surface area contributed by atoms with Gasteiger partial charge in [-0.25, -0.2) is 0 Å². The van der Waals surface area contributed by atoms with Gasteiger partial charge in [0.2, 0.25) is 11.8 Å². The van der Waals surface area contributed by atoms with Crippen molar-refractivity contribution in [3.05, 3.63) is 0 Å². The molecule has 25 heavy (non-hydrogen) atoms. The number of amides is 2. The maximum Gasteiger partial charge on any atom is 0.290 e. The van der Waals surface area contributed by atoms with Gasteiger partial charge >= 0.3 is 0 Å². The van der Waals surface area contributed by atoms with Crippen LogP contribution < -0.4 is 0 Å². The zero-order valence-corrected chi connectivity index (χ0v) is 16.2. The van der Waals surface area contributed by atoms with Gasteiger partial charge in [-0.15, -0.1) is 0 Å². The number of hydrogen-bond acceptors (Lipinski definition) is 5. The largest absolute Gasteiger partial charge is 0.483 e. The van der Waals surface area contributed by atoms with Gasteiger partial charge in [-0.2, -0.15) is 11.8 Å².